The van der Waals surface area contributed by atoms with Gasteiger partial charge in [0.15, 0.2) is 0 Å². The van der Waals surface area contributed by atoms with Gasteiger partial charge in [0, 0.05) is 19.7 Å². The van der Waals surface area contributed by atoms with Crippen LogP contribution in [0.3, 0.4) is 0 Å². The van der Waals surface area contributed by atoms with Gasteiger partial charge in [-0.05, 0) is 40.7 Å². The van der Waals surface area contributed by atoms with Gasteiger partial charge in [-0.2, -0.15) is 0 Å². The number of amides is 1. The fourth-order valence-corrected chi connectivity index (χ4v) is 1.96. The summed E-state index contributed by atoms with van der Waals surface area (Å²) in [5, 5.41) is 3.05. The van der Waals surface area contributed by atoms with Gasteiger partial charge in [-0.3, -0.25) is 4.79 Å². The first kappa shape index (κ1) is 13.5. The molecule has 4 nitrogen and oxygen atoms in total. The topological polar surface area (TPSA) is 41.6 Å². The SMILES string of the molecule is CCOC1CCN(C(=O)C(C)(C)NC)CC1. The zero-order valence-electron chi connectivity index (χ0n) is 10.9. The van der Waals surface area contributed by atoms with Crippen molar-refractivity contribution >= 4 is 5.91 Å². The Labute approximate surface area is 98.3 Å². The predicted molar refractivity (Wildman–Crippen MR) is 64.4 cm³/mol. The van der Waals surface area contributed by atoms with Crippen molar-refractivity contribution in [1.82, 2.24) is 10.2 Å². The van der Waals surface area contributed by atoms with Gasteiger partial charge in [0.1, 0.15) is 0 Å². The lowest BCUT2D eigenvalue weighted by Gasteiger charge is -2.36. The second-order valence-corrected chi connectivity index (χ2v) is 4.82. The summed E-state index contributed by atoms with van der Waals surface area (Å²) < 4.78 is 5.57. The van der Waals surface area contributed by atoms with Crippen LogP contribution in [0.2, 0.25) is 0 Å². The van der Waals surface area contributed by atoms with Crippen LogP contribution in [0.4, 0.5) is 0 Å². The van der Waals surface area contributed by atoms with Crippen LogP contribution in [0, 0.1) is 0 Å². The minimum absolute atomic E-state index is 0.185. The van der Waals surface area contributed by atoms with Crippen LogP contribution in [0.5, 0.6) is 0 Å². The molecule has 0 aromatic rings. The zero-order valence-corrected chi connectivity index (χ0v) is 10.9. The van der Waals surface area contributed by atoms with Gasteiger partial charge in [-0.25, -0.2) is 0 Å². The summed E-state index contributed by atoms with van der Waals surface area (Å²) in [6.45, 7) is 8.25. The van der Waals surface area contributed by atoms with Gasteiger partial charge < -0.3 is 15.0 Å². The van der Waals surface area contributed by atoms with E-state index in [1.165, 1.54) is 0 Å². The van der Waals surface area contributed by atoms with Crippen molar-refractivity contribution in [2.75, 3.05) is 26.7 Å². The first-order valence-corrected chi connectivity index (χ1v) is 6.11. The van der Waals surface area contributed by atoms with Crippen LogP contribution in [0.25, 0.3) is 0 Å². The van der Waals surface area contributed by atoms with Crippen molar-refractivity contribution in [2.24, 2.45) is 0 Å². The maximum absolute atomic E-state index is 12.1. The Morgan fingerprint density at radius 3 is 2.44 bits per heavy atom. The van der Waals surface area contributed by atoms with Crippen LogP contribution in [-0.2, 0) is 9.53 Å². The number of hydrogen-bond acceptors (Lipinski definition) is 3. The minimum atomic E-state index is -0.460. The van der Waals surface area contributed by atoms with E-state index in [0.717, 1.165) is 32.5 Å². The van der Waals surface area contributed by atoms with E-state index in [0.29, 0.717) is 6.10 Å². The molecule has 0 saturated carbocycles. The molecule has 16 heavy (non-hydrogen) atoms. The van der Waals surface area contributed by atoms with Gasteiger partial charge in [0.05, 0.1) is 11.6 Å². The first-order valence-electron chi connectivity index (χ1n) is 6.11. The van der Waals surface area contributed by atoms with Gasteiger partial charge in [-0.15, -0.1) is 0 Å². The Morgan fingerprint density at radius 1 is 1.44 bits per heavy atom. The van der Waals surface area contributed by atoms with E-state index in [1.54, 1.807) is 0 Å². The van der Waals surface area contributed by atoms with Crippen LogP contribution in [0.15, 0.2) is 0 Å². The van der Waals surface area contributed by atoms with Gasteiger partial charge in [-0.1, -0.05) is 0 Å². The van der Waals surface area contributed by atoms with E-state index in [2.05, 4.69) is 5.32 Å². The molecule has 1 amide bonds. The van der Waals surface area contributed by atoms with E-state index >= 15 is 0 Å². The predicted octanol–water partition coefficient (Wildman–Crippen LogP) is 1.01. The largest absolute Gasteiger partial charge is 0.378 e. The van der Waals surface area contributed by atoms with Crippen LogP contribution in [0.1, 0.15) is 33.6 Å². The fraction of sp³-hybridized carbons (Fsp3) is 0.917. The molecule has 4 heteroatoms. The Hall–Kier alpha value is -0.610. The number of carbonyl (C=O) groups is 1. The summed E-state index contributed by atoms with van der Waals surface area (Å²) in [5.41, 5.74) is -0.460. The van der Waals surface area contributed by atoms with Crippen molar-refractivity contribution in [3.8, 4) is 0 Å². The summed E-state index contributed by atoms with van der Waals surface area (Å²) in [6, 6.07) is 0. The second kappa shape index (κ2) is 5.64. The molecule has 0 spiro atoms. The molecule has 94 valence electrons. The summed E-state index contributed by atoms with van der Waals surface area (Å²) in [7, 11) is 1.82. The Kier molecular flexibility index (Phi) is 4.74. The lowest BCUT2D eigenvalue weighted by atomic mass is 10.0. The van der Waals surface area contributed by atoms with E-state index in [-0.39, 0.29) is 5.91 Å². The molecule has 0 aliphatic carbocycles. The minimum Gasteiger partial charge on any atom is -0.378 e. The highest BCUT2D eigenvalue weighted by atomic mass is 16.5. The fourth-order valence-electron chi connectivity index (χ4n) is 1.96. The highest BCUT2D eigenvalue weighted by Crippen LogP contribution is 2.17. The van der Waals surface area contributed by atoms with Crippen molar-refractivity contribution in [2.45, 2.75) is 45.3 Å². The maximum atomic E-state index is 12.1. The number of ether oxygens (including phenoxy) is 1. The van der Waals surface area contributed by atoms with Crippen molar-refractivity contribution in [3.63, 3.8) is 0 Å². The number of hydrogen-bond donors (Lipinski definition) is 1. The number of likely N-dealkylation sites (N-methyl/N-ethyl adjacent to an activating group) is 1. The van der Waals surface area contributed by atoms with Crippen LogP contribution in [-0.4, -0.2) is 49.2 Å². The monoisotopic (exact) mass is 228 g/mol. The maximum Gasteiger partial charge on any atom is 0.242 e. The van der Waals surface area contributed by atoms with Gasteiger partial charge in [0.25, 0.3) is 0 Å². The average molecular weight is 228 g/mol. The number of piperidine rings is 1. The second-order valence-electron chi connectivity index (χ2n) is 4.82. The van der Waals surface area contributed by atoms with Gasteiger partial charge in [0.2, 0.25) is 5.91 Å². The molecule has 0 aromatic carbocycles. The lowest BCUT2D eigenvalue weighted by Crippen LogP contribution is -2.55. The number of carbonyl (C=O) groups excluding carboxylic acids is 1. The molecule has 1 fully saturated rings. The molecule has 0 bridgehead atoms. The van der Waals surface area contributed by atoms with E-state index in [9.17, 15) is 4.79 Å². The van der Waals surface area contributed by atoms with Crippen molar-refractivity contribution in [3.05, 3.63) is 0 Å². The lowest BCUT2D eigenvalue weighted by molar-refractivity contribution is -0.139. The normalized spacial score (nSPS) is 18.9. The van der Waals surface area contributed by atoms with Crippen LogP contribution < -0.4 is 5.32 Å². The molecular weight excluding hydrogens is 204 g/mol. The zero-order chi connectivity index (χ0) is 12.2. The summed E-state index contributed by atoms with van der Waals surface area (Å²) in [5.74, 6) is 0.185. The van der Waals surface area contributed by atoms with Crippen LogP contribution >= 0.6 is 0 Å². The molecule has 0 unspecified atom stereocenters. The Balaban J connectivity index is 2.45. The standard InChI is InChI=1S/C12H24N2O2/c1-5-16-10-6-8-14(9-7-10)11(15)12(2,3)13-4/h10,13H,5-9H2,1-4H3. The highest BCUT2D eigenvalue weighted by molar-refractivity contribution is 5.85. The molecule has 1 rings (SSSR count). The number of nitrogens with zero attached hydrogens (tertiary/aromatic N) is 1. The molecule has 0 aromatic heterocycles. The average Bonchev–Trinajstić information content (AvgIpc) is 2.29. The molecule has 1 aliphatic rings. The van der Waals surface area contributed by atoms with Crippen molar-refractivity contribution < 1.29 is 9.53 Å². The Bertz CT molecular complexity index is 233. The summed E-state index contributed by atoms with van der Waals surface area (Å²) in [4.78, 5) is 14.1. The molecular formula is C12H24N2O2. The molecule has 1 heterocycles. The third-order valence-electron chi connectivity index (χ3n) is 3.29. The Morgan fingerprint density at radius 2 is 2.00 bits per heavy atom. The first-order chi connectivity index (χ1) is 7.51. The molecule has 1 N–H and O–H groups in total. The summed E-state index contributed by atoms with van der Waals surface area (Å²) >= 11 is 0. The smallest absolute Gasteiger partial charge is 0.242 e. The molecule has 1 saturated heterocycles. The number of rotatable bonds is 4. The third-order valence-corrected chi connectivity index (χ3v) is 3.29. The number of nitrogens with one attached hydrogen (secondary N) is 1. The molecule has 1 aliphatic heterocycles. The quantitative estimate of drug-likeness (QED) is 0.781. The third kappa shape index (κ3) is 3.19. The van der Waals surface area contributed by atoms with E-state index < -0.39 is 5.54 Å². The van der Waals surface area contributed by atoms with Gasteiger partial charge >= 0.3 is 0 Å². The molecule has 0 radical (unpaired) electrons. The van der Waals surface area contributed by atoms with E-state index in [1.807, 2.05) is 32.7 Å². The number of likely N-dealkylation sites (tertiary alicyclic amines) is 1. The molecule has 0 atom stereocenters. The highest BCUT2D eigenvalue weighted by Gasteiger charge is 2.32. The van der Waals surface area contributed by atoms with E-state index in [4.69, 9.17) is 4.74 Å². The van der Waals surface area contributed by atoms with Crippen molar-refractivity contribution in [1.29, 1.82) is 0 Å². The summed E-state index contributed by atoms with van der Waals surface area (Å²) in [6.07, 6.45) is 2.26.